The Morgan fingerprint density at radius 2 is 2.12 bits per heavy atom. The summed E-state index contributed by atoms with van der Waals surface area (Å²) in [6.45, 7) is 1.29. The minimum atomic E-state index is -0.302. The zero-order valence-electron chi connectivity index (χ0n) is 12.8. The summed E-state index contributed by atoms with van der Waals surface area (Å²) < 4.78 is 18.5. The van der Waals surface area contributed by atoms with Gasteiger partial charge in [-0.05, 0) is 23.8 Å². The molecule has 0 unspecified atom stereocenters. The molecule has 0 atom stereocenters. The van der Waals surface area contributed by atoms with E-state index in [1.807, 2.05) is 6.07 Å². The maximum atomic E-state index is 12.8. The molecule has 7 heteroatoms. The van der Waals surface area contributed by atoms with Gasteiger partial charge in [0.25, 0.3) is 0 Å². The molecule has 2 heterocycles. The van der Waals surface area contributed by atoms with E-state index in [9.17, 15) is 9.18 Å². The van der Waals surface area contributed by atoms with Gasteiger partial charge in [-0.1, -0.05) is 12.1 Å². The Bertz CT molecular complexity index is 767. The number of rotatable bonds is 4. The Morgan fingerprint density at radius 3 is 2.83 bits per heavy atom. The van der Waals surface area contributed by atoms with Gasteiger partial charge in [0.2, 0.25) is 0 Å². The van der Waals surface area contributed by atoms with Crippen LogP contribution in [0.2, 0.25) is 0 Å². The van der Waals surface area contributed by atoms with Gasteiger partial charge in [-0.3, -0.25) is 0 Å². The molecule has 1 fully saturated rings. The van der Waals surface area contributed by atoms with Crippen LogP contribution in [-0.4, -0.2) is 35.1 Å². The Kier molecular flexibility index (Phi) is 4.57. The molecule has 3 rings (SSSR count). The van der Waals surface area contributed by atoms with Crippen molar-refractivity contribution in [2.45, 2.75) is 12.6 Å². The van der Waals surface area contributed by atoms with Crippen molar-refractivity contribution in [3.63, 3.8) is 0 Å². The van der Waals surface area contributed by atoms with E-state index in [-0.39, 0.29) is 18.0 Å². The molecule has 1 aliphatic heterocycles. The van der Waals surface area contributed by atoms with Gasteiger partial charge in [-0.2, -0.15) is 5.26 Å². The largest absolute Gasteiger partial charge is 0.487 e. The number of hydrogen-bond donors (Lipinski definition) is 1. The number of urea groups is 1. The Labute approximate surface area is 138 Å². The number of aromatic nitrogens is 1. The molecule has 2 aromatic rings. The number of nitrogens with zero attached hydrogens (tertiary/aromatic N) is 3. The molecule has 1 aliphatic rings. The normalized spacial score (nSPS) is 13.8. The van der Waals surface area contributed by atoms with E-state index in [2.05, 4.69) is 10.3 Å². The fraction of sp³-hybridized carbons (Fsp3) is 0.235. The van der Waals surface area contributed by atoms with Gasteiger partial charge < -0.3 is 15.0 Å². The maximum Gasteiger partial charge on any atom is 0.317 e. The van der Waals surface area contributed by atoms with E-state index in [1.165, 1.54) is 18.3 Å². The predicted octanol–water partition coefficient (Wildman–Crippen LogP) is 2.07. The molecule has 0 spiro atoms. The lowest BCUT2D eigenvalue weighted by Gasteiger charge is -2.38. The summed E-state index contributed by atoms with van der Waals surface area (Å²) >= 11 is 0. The summed E-state index contributed by atoms with van der Waals surface area (Å²) in [7, 11) is 0. The van der Waals surface area contributed by atoms with Crippen LogP contribution in [0.5, 0.6) is 5.75 Å². The van der Waals surface area contributed by atoms with Crippen molar-refractivity contribution in [3.05, 3.63) is 59.7 Å². The Balaban J connectivity index is 1.43. The number of nitrogens with one attached hydrogen (secondary N) is 1. The molecule has 2 amide bonds. The summed E-state index contributed by atoms with van der Waals surface area (Å²) in [5.74, 6) is 0.265. The van der Waals surface area contributed by atoms with Gasteiger partial charge in [0, 0.05) is 18.8 Å². The summed E-state index contributed by atoms with van der Waals surface area (Å²) in [6, 6.07) is 11.0. The first-order valence-electron chi connectivity index (χ1n) is 7.44. The first-order valence-corrected chi connectivity index (χ1v) is 7.44. The lowest BCUT2D eigenvalue weighted by atomic mass is 10.2. The highest BCUT2D eigenvalue weighted by atomic mass is 19.1. The van der Waals surface area contributed by atoms with Gasteiger partial charge in [-0.25, -0.2) is 14.2 Å². The lowest BCUT2D eigenvalue weighted by molar-refractivity contribution is 0.0443. The molecule has 0 aliphatic carbocycles. The van der Waals surface area contributed by atoms with Gasteiger partial charge >= 0.3 is 6.03 Å². The summed E-state index contributed by atoms with van der Waals surface area (Å²) in [6.07, 6.45) is 1.41. The number of hydrogen-bond acceptors (Lipinski definition) is 4. The molecule has 6 nitrogen and oxygen atoms in total. The van der Waals surface area contributed by atoms with Crippen molar-refractivity contribution < 1.29 is 13.9 Å². The summed E-state index contributed by atoms with van der Waals surface area (Å²) in [5, 5.41) is 11.6. The SMILES string of the molecule is N#Cc1cc(OC2CN(C(=O)NCc3ccc(F)cc3)C2)ccn1. The van der Waals surface area contributed by atoms with Crippen LogP contribution in [0.15, 0.2) is 42.6 Å². The second-order valence-electron chi connectivity index (χ2n) is 5.42. The molecule has 122 valence electrons. The number of carbonyl (C=O) groups excluding carboxylic acids is 1. The number of nitriles is 1. The van der Waals surface area contributed by atoms with Crippen LogP contribution < -0.4 is 10.1 Å². The molecule has 1 aromatic carbocycles. The van der Waals surface area contributed by atoms with E-state index in [4.69, 9.17) is 10.00 Å². The second kappa shape index (κ2) is 6.96. The van der Waals surface area contributed by atoms with Crippen LogP contribution in [0.4, 0.5) is 9.18 Å². The van der Waals surface area contributed by atoms with Crippen LogP contribution in [0.3, 0.4) is 0 Å². The average Bonchev–Trinajstić information content (AvgIpc) is 2.57. The smallest absolute Gasteiger partial charge is 0.317 e. The number of benzene rings is 1. The van der Waals surface area contributed by atoms with Gasteiger partial charge in [0.05, 0.1) is 13.1 Å². The van der Waals surface area contributed by atoms with E-state index in [0.717, 1.165) is 5.56 Å². The van der Waals surface area contributed by atoms with Crippen LogP contribution in [0, 0.1) is 17.1 Å². The number of carbonyl (C=O) groups is 1. The first-order chi connectivity index (χ1) is 11.6. The van der Waals surface area contributed by atoms with E-state index < -0.39 is 0 Å². The molecular formula is C17H15FN4O2. The Hall–Kier alpha value is -3.14. The quantitative estimate of drug-likeness (QED) is 0.933. The number of likely N-dealkylation sites (tertiary alicyclic amines) is 1. The number of halogens is 1. The zero-order valence-corrected chi connectivity index (χ0v) is 12.8. The third-order valence-corrected chi connectivity index (χ3v) is 3.64. The molecule has 1 aromatic heterocycles. The molecule has 1 N–H and O–H groups in total. The average molecular weight is 326 g/mol. The summed E-state index contributed by atoms with van der Waals surface area (Å²) in [5.41, 5.74) is 1.12. The highest BCUT2D eigenvalue weighted by molar-refractivity contribution is 5.75. The van der Waals surface area contributed by atoms with Crippen LogP contribution in [0.25, 0.3) is 0 Å². The topological polar surface area (TPSA) is 78.2 Å². The van der Waals surface area contributed by atoms with E-state index in [1.54, 1.807) is 29.2 Å². The standard InChI is InChI=1S/C17H15FN4O2/c18-13-3-1-12(2-4-13)9-21-17(23)22-10-16(11-22)24-15-5-6-20-14(7-15)8-19/h1-7,16H,9-11H2,(H,21,23). The van der Waals surface area contributed by atoms with E-state index >= 15 is 0 Å². The minimum absolute atomic E-state index is 0.101. The van der Waals surface area contributed by atoms with Crippen molar-refractivity contribution in [3.8, 4) is 11.8 Å². The third kappa shape index (κ3) is 3.79. The van der Waals surface area contributed by atoms with Crippen LogP contribution in [-0.2, 0) is 6.54 Å². The third-order valence-electron chi connectivity index (χ3n) is 3.64. The van der Waals surface area contributed by atoms with Crippen molar-refractivity contribution in [2.24, 2.45) is 0 Å². The van der Waals surface area contributed by atoms with E-state index in [0.29, 0.717) is 31.1 Å². The molecule has 0 radical (unpaired) electrons. The molecule has 0 saturated carbocycles. The van der Waals surface area contributed by atoms with Crippen molar-refractivity contribution in [1.29, 1.82) is 5.26 Å². The molecular weight excluding hydrogens is 311 g/mol. The highest BCUT2D eigenvalue weighted by Gasteiger charge is 2.32. The second-order valence-corrected chi connectivity index (χ2v) is 5.42. The van der Waals surface area contributed by atoms with Gasteiger partial charge in [0.1, 0.15) is 29.4 Å². The number of ether oxygens (including phenoxy) is 1. The van der Waals surface area contributed by atoms with Crippen molar-refractivity contribution in [1.82, 2.24) is 15.2 Å². The minimum Gasteiger partial charge on any atom is -0.487 e. The number of pyridine rings is 1. The fourth-order valence-corrected chi connectivity index (χ4v) is 2.31. The number of amides is 2. The van der Waals surface area contributed by atoms with Crippen LogP contribution in [0.1, 0.15) is 11.3 Å². The van der Waals surface area contributed by atoms with Crippen molar-refractivity contribution >= 4 is 6.03 Å². The summed E-state index contributed by atoms with van der Waals surface area (Å²) in [4.78, 5) is 17.5. The molecule has 0 bridgehead atoms. The fourth-order valence-electron chi connectivity index (χ4n) is 2.31. The highest BCUT2D eigenvalue weighted by Crippen LogP contribution is 2.18. The van der Waals surface area contributed by atoms with Gasteiger partial charge in [0.15, 0.2) is 0 Å². The monoisotopic (exact) mass is 326 g/mol. The van der Waals surface area contributed by atoms with Crippen molar-refractivity contribution in [2.75, 3.05) is 13.1 Å². The van der Waals surface area contributed by atoms with Gasteiger partial charge in [-0.15, -0.1) is 0 Å². The van der Waals surface area contributed by atoms with Crippen LogP contribution >= 0.6 is 0 Å². The maximum absolute atomic E-state index is 12.8. The Morgan fingerprint density at radius 1 is 1.38 bits per heavy atom. The lowest BCUT2D eigenvalue weighted by Crippen LogP contribution is -2.58. The predicted molar refractivity (Wildman–Crippen MR) is 83.6 cm³/mol. The zero-order chi connectivity index (χ0) is 16.9. The first kappa shape index (κ1) is 15.7. The molecule has 1 saturated heterocycles. The molecule has 24 heavy (non-hydrogen) atoms.